The van der Waals surface area contributed by atoms with E-state index in [0.29, 0.717) is 18.3 Å². The van der Waals surface area contributed by atoms with Crippen LogP contribution in [0.15, 0.2) is 12.4 Å². The summed E-state index contributed by atoms with van der Waals surface area (Å²) >= 11 is 5.55. The predicted octanol–water partition coefficient (Wildman–Crippen LogP) is 1.36. The Morgan fingerprint density at radius 3 is 2.55 bits per heavy atom. The molecule has 0 aliphatic rings. The normalized spacial score (nSPS) is 10.0. The molecule has 0 aromatic carbocycles. The maximum Gasteiger partial charge on any atom is 0.153 e. The molecule has 0 atom stereocenters. The van der Waals surface area contributed by atoms with Crippen LogP contribution in [0.5, 0.6) is 0 Å². The molecule has 0 N–H and O–H groups in total. The highest BCUT2D eigenvalue weighted by molar-refractivity contribution is 6.17. The van der Waals surface area contributed by atoms with Crippen LogP contribution in [0.3, 0.4) is 0 Å². The van der Waals surface area contributed by atoms with E-state index >= 15 is 0 Å². The lowest BCUT2D eigenvalue weighted by atomic mass is 10.4. The van der Waals surface area contributed by atoms with Crippen LogP contribution in [-0.2, 0) is 17.2 Å². The van der Waals surface area contributed by atoms with Crippen molar-refractivity contribution in [2.24, 2.45) is 0 Å². The zero-order valence-electron chi connectivity index (χ0n) is 6.25. The largest absolute Gasteiger partial charge is 0.377 e. The number of aromatic nitrogens is 2. The SMILES string of the molecule is COCc1ncc(CCl)cn1. The molecule has 0 aliphatic carbocycles. The third-order valence-electron chi connectivity index (χ3n) is 1.19. The molecule has 1 rings (SSSR count). The summed E-state index contributed by atoms with van der Waals surface area (Å²) in [7, 11) is 1.61. The molecule has 0 aliphatic heterocycles. The first kappa shape index (κ1) is 8.43. The molecular formula is C7H9ClN2O. The summed E-state index contributed by atoms with van der Waals surface area (Å²) in [5, 5.41) is 0. The van der Waals surface area contributed by atoms with Gasteiger partial charge in [0.25, 0.3) is 0 Å². The summed E-state index contributed by atoms with van der Waals surface area (Å²) in [5.41, 5.74) is 0.923. The van der Waals surface area contributed by atoms with E-state index in [0.717, 1.165) is 5.56 Å². The average Bonchev–Trinajstić information content (AvgIpc) is 2.07. The third-order valence-corrected chi connectivity index (χ3v) is 1.50. The van der Waals surface area contributed by atoms with Gasteiger partial charge in [-0.3, -0.25) is 0 Å². The molecule has 1 aromatic rings. The van der Waals surface area contributed by atoms with Gasteiger partial charge in [0, 0.05) is 25.1 Å². The number of halogens is 1. The van der Waals surface area contributed by atoms with Crippen molar-refractivity contribution in [2.75, 3.05) is 7.11 Å². The van der Waals surface area contributed by atoms with Gasteiger partial charge in [0.05, 0.1) is 5.88 Å². The first-order valence-corrected chi connectivity index (χ1v) is 3.75. The lowest BCUT2D eigenvalue weighted by molar-refractivity contribution is 0.177. The Labute approximate surface area is 70.4 Å². The van der Waals surface area contributed by atoms with Crippen molar-refractivity contribution in [1.29, 1.82) is 0 Å². The average molecular weight is 173 g/mol. The molecule has 0 saturated heterocycles. The quantitative estimate of drug-likeness (QED) is 0.646. The van der Waals surface area contributed by atoms with E-state index in [-0.39, 0.29) is 0 Å². The molecule has 11 heavy (non-hydrogen) atoms. The van der Waals surface area contributed by atoms with Crippen molar-refractivity contribution < 1.29 is 4.74 Å². The molecule has 0 bridgehead atoms. The zero-order chi connectivity index (χ0) is 8.10. The third kappa shape index (κ3) is 2.44. The minimum Gasteiger partial charge on any atom is -0.377 e. The van der Waals surface area contributed by atoms with Crippen LogP contribution < -0.4 is 0 Å². The number of hydrogen-bond acceptors (Lipinski definition) is 3. The summed E-state index contributed by atoms with van der Waals surface area (Å²) in [5.74, 6) is 1.13. The minimum absolute atomic E-state index is 0.447. The monoisotopic (exact) mass is 172 g/mol. The van der Waals surface area contributed by atoms with Crippen molar-refractivity contribution in [2.45, 2.75) is 12.5 Å². The lowest BCUT2D eigenvalue weighted by Gasteiger charge is -1.97. The van der Waals surface area contributed by atoms with Gasteiger partial charge >= 0.3 is 0 Å². The summed E-state index contributed by atoms with van der Waals surface area (Å²) in [6.07, 6.45) is 3.41. The molecule has 0 unspecified atom stereocenters. The summed E-state index contributed by atoms with van der Waals surface area (Å²) < 4.78 is 4.84. The van der Waals surface area contributed by atoms with Gasteiger partial charge in [-0.1, -0.05) is 0 Å². The highest BCUT2D eigenvalue weighted by Crippen LogP contribution is 2.00. The van der Waals surface area contributed by atoms with E-state index in [9.17, 15) is 0 Å². The Balaban J connectivity index is 2.66. The fraction of sp³-hybridized carbons (Fsp3) is 0.429. The number of hydrogen-bond donors (Lipinski definition) is 0. The molecule has 60 valence electrons. The molecule has 0 saturated carbocycles. The Bertz CT molecular complexity index is 212. The zero-order valence-corrected chi connectivity index (χ0v) is 7.01. The highest BCUT2D eigenvalue weighted by Gasteiger charge is 1.94. The molecule has 0 spiro atoms. The molecule has 4 heteroatoms. The van der Waals surface area contributed by atoms with Gasteiger partial charge in [0.15, 0.2) is 5.82 Å². The van der Waals surface area contributed by atoms with Crippen molar-refractivity contribution in [1.82, 2.24) is 9.97 Å². The number of rotatable bonds is 3. The maximum absolute atomic E-state index is 5.55. The van der Waals surface area contributed by atoms with E-state index < -0.39 is 0 Å². The van der Waals surface area contributed by atoms with E-state index in [1.165, 1.54) is 0 Å². The van der Waals surface area contributed by atoms with Crippen LogP contribution >= 0.6 is 11.6 Å². The lowest BCUT2D eigenvalue weighted by Crippen LogP contribution is -1.96. The Morgan fingerprint density at radius 2 is 2.09 bits per heavy atom. The van der Waals surface area contributed by atoms with Gasteiger partial charge in [-0.15, -0.1) is 11.6 Å². The Morgan fingerprint density at radius 1 is 1.45 bits per heavy atom. The summed E-state index contributed by atoms with van der Waals surface area (Å²) in [4.78, 5) is 8.04. The molecule has 1 aromatic heterocycles. The predicted molar refractivity (Wildman–Crippen MR) is 42.3 cm³/mol. The molecule has 3 nitrogen and oxygen atoms in total. The van der Waals surface area contributed by atoms with Gasteiger partial charge in [0.1, 0.15) is 6.61 Å². The smallest absolute Gasteiger partial charge is 0.153 e. The van der Waals surface area contributed by atoms with E-state index in [1.807, 2.05) is 0 Å². The second-order valence-electron chi connectivity index (χ2n) is 2.07. The molecule has 0 radical (unpaired) electrons. The van der Waals surface area contributed by atoms with E-state index in [2.05, 4.69) is 9.97 Å². The second-order valence-corrected chi connectivity index (χ2v) is 2.34. The Kier molecular flexibility index (Phi) is 3.26. The standard InChI is InChI=1S/C7H9ClN2O/c1-11-5-7-9-3-6(2-8)4-10-7/h3-4H,2,5H2,1H3. The van der Waals surface area contributed by atoms with Crippen molar-refractivity contribution in [3.63, 3.8) is 0 Å². The highest BCUT2D eigenvalue weighted by atomic mass is 35.5. The molecule has 0 fully saturated rings. The van der Waals surface area contributed by atoms with Gasteiger partial charge in [0.2, 0.25) is 0 Å². The van der Waals surface area contributed by atoms with Gasteiger partial charge in [-0.05, 0) is 0 Å². The molecular weight excluding hydrogens is 164 g/mol. The van der Waals surface area contributed by atoms with E-state index in [4.69, 9.17) is 16.3 Å². The summed E-state index contributed by atoms with van der Waals surface area (Å²) in [6, 6.07) is 0. The first-order chi connectivity index (χ1) is 5.36. The Hall–Kier alpha value is -0.670. The summed E-state index contributed by atoms with van der Waals surface area (Å²) in [6.45, 7) is 0.447. The van der Waals surface area contributed by atoms with Crippen LogP contribution in [-0.4, -0.2) is 17.1 Å². The van der Waals surface area contributed by atoms with Crippen LogP contribution in [0.25, 0.3) is 0 Å². The van der Waals surface area contributed by atoms with Crippen LogP contribution in [0, 0.1) is 0 Å². The van der Waals surface area contributed by atoms with Crippen molar-refractivity contribution in [3.8, 4) is 0 Å². The van der Waals surface area contributed by atoms with Gasteiger partial charge < -0.3 is 4.74 Å². The second kappa shape index (κ2) is 4.26. The number of methoxy groups -OCH3 is 1. The number of alkyl halides is 1. The fourth-order valence-electron chi connectivity index (χ4n) is 0.654. The van der Waals surface area contributed by atoms with E-state index in [1.54, 1.807) is 19.5 Å². The van der Waals surface area contributed by atoms with Crippen molar-refractivity contribution >= 4 is 11.6 Å². The number of ether oxygens (including phenoxy) is 1. The van der Waals surface area contributed by atoms with Crippen LogP contribution in [0.1, 0.15) is 11.4 Å². The van der Waals surface area contributed by atoms with Crippen LogP contribution in [0.4, 0.5) is 0 Å². The number of nitrogens with zero attached hydrogens (tertiary/aromatic N) is 2. The van der Waals surface area contributed by atoms with Crippen LogP contribution in [0.2, 0.25) is 0 Å². The first-order valence-electron chi connectivity index (χ1n) is 3.21. The fourth-order valence-corrected chi connectivity index (χ4v) is 0.792. The van der Waals surface area contributed by atoms with Gasteiger partial charge in [-0.2, -0.15) is 0 Å². The molecule has 0 amide bonds. The van der Waals surface area contributed by atoms with Crippen molar-refractivity contribution in [3.05, 3.63) is 23.8 Å². The topological polar surface area (TPSA) is 35.0 Å². The minimum atomic E-state index is 0.447. The van der Waals surface area contributed by atoms with Gasteiger partial charge in [-0.25, -0.2) is 9.97 Å². The maximum atomic E-state index is 5.55. The molecule has 1 heterocycles.